The van der Waals surface area contributed by atoms with Crippen LogP contribution in [0.15, 0.2) is 67.0 Å². The Balaban J connectivity index is 0.000000192. The smallest absolute Gasteiger partial charge is 0.140 e. The lowest BCUT2D eigenvalue weighted by atomic mass is 10.1. The monoisotopic (exact) mass is 466 g/mol. The van der Waals surface area contributed by atoms with Gasteiger partial charge in [-0.25, -0.2) is 4.98 Å². The second-order valence-corrected chi connectivity index (χ2v) is 8.15. The highest BCUT2D eigenvalue weighted by Crippen LogP contribution is 2.22. The van der Waals surface area contributed by atoms with Crippen LogP contribution in [0.1, 0.15) is 37.6 Å². The normalized spacial score (nSPS) is 9.77. The van der Waals surface area contributed by atoms with Gasteiger partial charge in [-0.1, -0.05) is 0 Å². The molecule has 0 unspecified atom stereocenters. The Hall–Kier alpha value is -4.87. The molecule has 0 fully saturated rings. The third kappa shape index (κ3) is 7.60. The number of fused-ring (bicyclic) bond motifs is 1. The molecule has 8 nitrogen and oxygen atoms in total. The van der Waals surface area contributed by atoms with Crippen molar-refractivity contribution in [3.63, 3.8) is 0 Å². The number of ether oxygens (including phenoxy) is 2. The zero-order valence-corrected chi connectivity index (χ0v) is 20.4. The first kappa shape index (κ1) is 26.4. The molecule has 35 heavy (non-hydrogen) atoms. The maximum atomic E-state index is 8.79. The fraction of sp³-hybridized carbons (Fsp3) is 0.222. The van der Waals surface area contributed by atoms with Crippen molar-refractivity contribution in [3.8, 4) is 29.7 Å². The van der Waals surface area contributed by atoms with Gasteiger partial charge in [0.2, 0.25) is 0 Å². The maximum Gasteiger partial charge on any atom is 0.140 e. The van der Waals surface area contributed by atoms with Gasteiger partial charge in [-0.15, -0.1) is 0 Å². The van der Waals surface area contributed by atoms with Gasteiger partial charge in [-0.2, -0.15) is 20.9 Å². The number of pyridine rings is 1. The molecule has 0 aliphatic rings. The van der Waals surface area contributed by atoms with E-state index in [9.17, 15) is 0 Å². The minimum absolute atomic E-state index is 0.0318. The fourth-order valence-electron chi connectivity index (χ4n) is 2.87. The average Bonchev–Trinajstić information content (AvgIpc) is 3.33. The standard InChI is InChI=1S/C12H13N3.C8H7NO.C7H6N2O/c1-12(2,3)15-11-5-4-9(7-13)6-10(11)8-14-15;1-10-8-4-2-7(6-9)3-5-8;1-10-7-3-2-6(4-8)9-5-7/h4-6,8H,1-3H3;2-5H,1H3;2-3,5H,1H3. The van der Waals surface area contributed by atoms with Crippen LogP contribution < -0.4 is 9.47 Å². The number of benzene rings is 2. The molecule has 0 amide bonds. The molecule has 0 spiro atoms. The molecule has 2 heterocycles. The van der Waals surface area contributed by atoms with E-state index in [0.29, 0.717) is 22.6 Å². The van der Waals surface area contributed by atoms with Gasteiger partial charge in [0.15, 0.2) is 0 Å². The molecule has 0 N–H and O–H groups in total. The van der Waals surface area contributed by atoms with Gasteiger partial charge in [0.25, 0.3) is 0 Å². The third-order valence-corrected chi connectivity index (χ3v) is 4.64. The second kappa shape index (κ2) is 12.4. The Labute approximate surface area is 205 Å². The lowest BCUT2D eigenvalue weighted by molar-refractivity contribution is 0.368. The Kier molecular flexibility index (Phi) is 9.34. The first-order chi connectivity index (χ1) is 16.7. The van der Waals surface area contributed by atoms with E-state index in [0.717, 1.165) is 16.7 Å². The van der Waals surface area contributed by atoms with Crippen molar-refractivity contribution >= 4 is 10.9 Å². The van der Waals surface area contributed by atoms with Crippen LogP contribution in [-0.4, -0.2) is 29.0 Å². The lowest BCUT2D eigenvalue weighted by Crippen LogP contribution is -2.22. The largest absolute Gasteiger partial charge is 0.497 e. The summed E-state index contributed by atoms with van der Waals surface area (Å²) in [7, 11) is 3.16. The lowest BCUT2D eigenvalue weighted by Gasteiger charge is -2.20. The van der Waals surface area contributed by atoms with Crippen molar-refractivity contribution in [1.29, 1.82) is 15.8 Å². The van der Waals surface area contributed by atoms with E-state index >= 15 is 0 Å². The highest BCUT2D eigenvalue weighted by molar-refractivity contribution is 5.80. The van der Waals surface area contributed by atoms with Crippen LogP contribution in [0.4, 0.5) is 0 Å². The van der Waals surface area contributed by atoms with Crippen LogP contribution in [0.3, 0.4) is 0 Å². The van der Waals surface area contributed by atoms with Gasteiger partial charge in [-0.3, -0.25) is 4.68 Å². The maximum absolute atomic E-state index is 8.79. The number of nitrogens with zero attached hydrogens (tertiary/aromatic N) is 6. The number of hydrogen-bond donors (Lipinski definition) is 0. The predicted molar refractivity (Wildman–Crippen MR) is 133 cm³/mol. The predicted octanol–water partition coefficient (Wildman–Crippen LogP) is 5.19. The molecule has 176 valence electrons. The molecular weight excluding hydrogens is 440 g/mol. The summed E-state index contributed by atoms with van der Waals surface area (Å²) in [6.07, 6.45) is 3.32. The summed E-state index contributed by atoms with van der Waals surface area (Å²) in [6, 6.07) is 22.0. The molecule has 2 aromatic heterocycles. The zero-order chi connectivity index (χ0) is 25.8. The van der Waals surface area contributed by atoms with Gasteiger partial charge in [0.1, 0.15) is 23.3 Å². The van der Waals surface area contributed by atoms with E-state index in [1.807, 2.05) is 35.0 Å². The van der Waals surface area contributed by atoms with Crippen molar-refractivity contribution in [3.05, 3.63) is 83.8 Å². The van der Waals surface area contributed by atoms with E-state index in [1.54, 1.807) is 56.8 Å². The van der Waals surface area contributed by atoms with E-state index in [2.05, 4.69) is 36.9 Å². The van der Waals surface area contributed by atoms with Gasteiger partial charge < -0.3 is 9.47 Å². The number of nitriles is 3. The number of methoxy groups -OCH3 is 2. The van der Waals surface area contributed by atoms with Crippen molar-refractivity contribution in [1.82, 2.24) is 14.8 Å². The van der Waals surface area contributed by atoms with Crippen LogP contribution >= 0.6 is 0 Å². The minimum Gasteiger partial charge on any atom is -0.497 e. The first-order valence-electron chi connectivity index (χ1n) is 10.6. The van der Waals surface area contributed by atoms with E-state index in [-0.39, 0.29) is 5.54 Å². The Bertz CT molecular complexity index is 1310. The Morgan fingerprint density at radius 2 is 1.34 bits per heavy atom. The minimum atomic E-state index is -0.0318. The van der Waals surface area contributed by atoms with Crippen LogP contribution in [0.25, 0.3) is 10.9 Å². The summed E-state index contributed by atoms with van der Waals surface area (Å²) in [4.78, 5) is 3.78. The molecule has 0 bridgehead atoms. The second-order valence-electron chi connectivity index (χ2n) is 8.15. The molecule has 0 atom stereocenters. The van der Waals surface area contributed by atoms with E-state index in [4.69, 9.17) is 25.3 Å². The summed E-state index contributed by atoms with van der Waals surface area (Å²) in [5.41, 5.74) is 2.77. The van der Waals surface area contributed by atoms with E-state index < -0.39 is 0 Å². The average molecular weight is 467 g/mol. The molecule has 0 saturated carbocycles. The molecule has 0 aliphatic heterocycles. The van der Waals surface area contributed by atoms with Crippen molar-refractivity contribution in [2.45, 2.75) is 26.3 Å². The number of aromatic nitrogens is 3. The van der Waals surface area contributed by atoms with Gasteiger partial charge >= 0.3 is 0 Å². The van der Waals surface area contributed by atoms with Gasteiger partial charge in [0, 0.05) is 5.39 Å². The molecule has 4 aromatic rings. The fourth-order valence-corrected chi connectivity index (χ4v) is 2.87. The molecule has 0 aliphatic carbocycles. The van der Waals surface area contributed by atoms with Crippen LogP contribution in [0, 0.1) is 34.0 Å². The highest BCUT2D eigenvalue weighted by Gasteiger charge is 2.16. The highest BCUT2D eigenvalue weighted by atomic mass is 16.5. The van der Waals surface area contributed by atoms with Crippen LogP contribution in [0.5, 0.6) is 11.5 Å². The van der Waals surface area contributed by atoms with Crippen LogP contribution in [0.2, 0.25) is 0 Å². The number of rotatable bonds is 2. The summed E-state index contributed by atoms with van der Waals surface area (Å²) in [5, 5.41) is 30.9. The molecule has 4 rings (SSSR count). The van der Waals surface area contributed by atoms with Crippen molar-refractivity contribution < 1.29 is 9.47 Å². The Morgan fingerprint density at radius 3 is 1.83 bits per heavy atom. The van der Waals surface area contributed by atoms with Gasteiger partial charge in [-0.05, 0) is 75.4 Å². The van der Waals surface area contributed by atoms with Crippen molar-refractivity contribution in [2.24, 2.45) is 0 Å². The summed E-state index contributed by atoms with van der Waals surface area (Å²) < 4.78 is 11.7. The van der Waals surface area contributed by atoms with E-state index in [1.165, 1.54) is 6.20 Å². The molecule has 8 heteroatoms. The van der Waals surface area contributed by atoms with Gasteiger partial charge in [0.05, 0.1) is 60.9 Å². The molecule has 0 saturated heterocycles. The summed E-state index contributed by atoms with van der Waals surface area (Å²) in [6.45, 7) is 6.33. The SMILES string of the molecule is CC(C)(C)n1ncc2cc(C#N)ccc21.COc1ccc(C#N)cc1.COc1ccc(C#N)nc1. The third-order valence-electron chi connectivity index (χ3n) is 4.64. The molecule has 2 aromatic carbocycles. The topological polar surface area (TPSA) is 121 Å². The molecule has 0 radical (unpaired) electrons. The zero-order valence-electron chi connectivity index (χ0n) is 20.4. The van der Waals surface area contributed by atoms with Crippen LogP contribution in [-0.2, 0) is 5.54 Å². The molecular formula is C27H26N6O2. The summed E-state index contributed by atoms with van der Waals surface area (Å²) in [5.74, 6) is 1.44. The Morgan fingerprint density at radius 1 is 0.743 bits per heavy atom. The quantitative estimate of drug-likeness (QED) is 0.398. The summed E-state index contributed by atoms with van der Waals surface area (Å²) >= 11 is 0. The first-order valence-corrected chi connectivity index (χ1v) is 10.6. The van der Waals surface area contributed by atoms with Crippen molar-refractivity contribution in [2.75, 3.05) is 14.2 Å². The number of hydrogen-bond acceptors (Lipinski definition) is 7.